The van der Waals surface area contributed by atoms with E-state index in [-0.39, 0.29) is 6.61 Å². The molecule has 0 bridgehead atoms. The monoisotopic (exact) mass is 179 g/mol. The number of hydrogen-bond acceptors (Lipinski definition) is 1. The summed E-state index contributed by atoms with van der Waals surface area (Å²) < 4.78 is 5.44. The first-order valence-electron chi connectivity index (χ1n) is 4.66. The van der Waals surface area contributed by atoms with E-state index < -0.39 is 0 Å². The maximum absolute atomic E-state index is 10.4. The standard InChI is InChI=1S/C11H15O2/c1-2-8-13-11-5-3-4-10(9-11)6-7-12/h3-5,9H,2,6-8H2,1H3. The van der Waals surface area contributed by atoms with Crippen molar-refractivity contribution in [2.75, 3.05) is 13.2 Å². The van der Waals surface area contributed by atoms with Crippen LogP contribution in [0.25, 0.3) is 0 Å². The molecule has 71 valence electrons. The number of hydrogen-bond donors (Lipinski definition) is 0. The quantitative estimate of drug-likeness (QED) is 0.682. The lowest BCUT2D eigenvalue weighted by molar-refractivity contribution is 0.197. The molecule has 0 atom stereocenters. The van der Waals surface area contributed by atoms with Crippen molar-refractivity contribution in [3.63, 3.8) is 0 Å². The second-order valence-corrected chi connectivity index (χ2v) is 2.95. The predicted molar refractivity (Wildman–Crippen MR) is 51.5 cm³/mol. The van der Waals surface area contributed by atoms with Crippen molar-refractivity contribution in [1.82, 2.24) is 0 Å². The Kier molecular flexibility index (Phi) is 4.33. The van der Waals surface area contributed by atoms with Crippen molar-refractivity contribution in [1.29, 1.82) is 0 Å². The van der Waals surface area contributed by atoms with E-state index in [1.54, 1.807) is 0 Å². The van der Waals surface area contributed by atoms with E-state index in [1.165, 1.54) is 0 Å². The molecule has 0 heterocycles. The Balaban J connectivity index is 2.56. The summed E-state index contributed by atoms with van der Waals surface area (Å²) in [5.74, 6) is 0.868. The molecule has 2 heteroatoms. The summed E-state index contributed by atoms with van der Waals surface area (Å²) >= 11 is 0. The van der Waals surface area contributed by atoms with Gasteiger partial charge in [-0.05, 0) is 30.5 Å². The van der Waals surface area contributed by atoms with Crippen molar-refractivity contribution in [3.05, 3.63) is 29.8 Å². The maximum atomic E-state index is 10.4. The van der Waals surface area contributed by atoms with Crippen LogP contribution in [-0.2, 0) is 11.5 Å². The molecule has 0 spiro atoms. The lowest BCUT2D eigenvalue weighted by Gasteiger charge is -2.05. The zero-order valence-electron chi connectivity index (χ0n) is 7.95. The third-order valence-corrected chi connectivity index (χ3v) is 1.76. The molecule has 13 heavy (non-hydrogen) atoms. The Morgan fingerprint density at radius 3 is 2.92 bits per heavy atom. The molecule has 0 saturated carbocycles. The molecule has 0 unspecified atom stereocenters. The van der Waals surface area contributed by atoms with E-state index in [0.717, 1.165) is 24.3 Å². The first-order chi connectivity index (χ1) is 6.36. The molecule has 1 radical (unpaired) electrons. The normalized spacial score (nSPS) is 10.0. The zero-order valence-corrected chi connectivity index (χ0v) is 7.95. The number of benzene rings is 1. The van der Waals surface area contributed by atoms with Crippen LogP contribution in [0, 0.1) is 0 Å². The Labute approximate surface area is 79.2 Å². The van der Waals surface area contributed by atoms with Gasteiger partial charge < -0.3 is 4.74 Å². The van der Waals surface area contributed by atoms with Gasteiger partial charge in [0.05, 0.1) is 13.2 Å². The first-order valence-corrected chi connectivity index (χ1v) is 4.66. The maximum Gasteiger partial charge on any atom is 0.119 e. The summed E-state index contributed by atoms with van der Waals surface area (Å²) in [6.07, 6.45) is 1.59. The lowest BCUT2D eigenvalue weighted by atomic mass is 10.1. The lowest BCUT2D eigenvalue weighted by Crippen LogP contribution is -1.96. The minimum atomic E-state index is -0.0583. The van der Waals surface area contributed by atoms with Crippen molar-refractivity contribution >= 4 is 0 Å². The summed E-state index contributed by atoms with van der Waals surface area (Å²) in [7, 11) is 0. The smallest absolute Gasteiger partial charge is 0.119 e. The summed E-state index contributed by atoms with van der Waals surface area (Å²) in [5.41, 5.74) is 1.06. The average Bonchev–Trinajstić information content (AvgIpc) is 2.16. The molecule has 1 rings (SSSR count). The molecular formula is C11H15O2. The summed E-state index contributed by atoms with van der Waals surface area (Å²) in [6, 6.07) is 7.74. The summed E-state index contributed by atoms with van der Waals surface area (Å²) in [4.78, 5) is 0. The number of rotatable bonds is 5. The molecule has 0 aliphatic rings. The second-order valence-electron chi connectivity index (χ2n) is 2.95. The Morgan fingerprint density at radius 2 is 2.23 bits per heavy atom. The fraction of sp³-hybridized carbons (Fsp3) is 0.455. The van der Waals surface area contributed by atoms with Crippen LogP contribution < -0.4 is 4.74 Å². The SMILES string of the molecule is CCCOc1cccc(CC[O])c1. The topological polar surface area (TPSA) is 29.1 Å². The van der Waals surface area contributed by atoms with E-state index in [2.05, 4.69) is 6.92 Å². The fourth-order valence-corrected chi connectivity index (χ4v) is 1.13. The highest BCUT2D eigenvalue weighted by molar-refractivity contribution is 5.28. The predicted octanol–water partition coefficient (Wildman–Crippen LogP) is 2.45. The highest BCUT2D eigenvalue weighted by Gasteiger charge is 1.95. The van der Waals surface area contributed by atoms with Crippen LogP contribution in [0.2, 0.25) is 0 Å². The van der Waals surface area contributed by atoms with Crippen LogP contribution in [0.4, 0.5) is 0 Å². The molecule has 0 amide bonds. The van der Waals surface area contributed by atoms with Crippen LogP contribution in [-0.4, -0.2) is 13.2 Å². The van der Waals surface area contributed by atoms with Crippen molar-refractivity contribution in [2.45, 2.75) is 19.8 Å². The van der Waals surface area contributed by atoms with Crippen LogP contribution in [0.3, 0.4) is 0 Å². The largest absolute Gasteiger partial charge is 0.494 e. The summed E-state index contributed by atoms with van der Waals surface area (Å²) in [5, 5.41) is 10.4. The molecule has 0 aliphatic carbocycles. The minimum Gasteiger partial charge on any atom is -0.494 e. The van der Waals surface area contributed by atoms with Gasteiger partial charge >= 0.3 is 0 Å². The Hall–Kier alpha value is -1.02. The van der Waals surface area contributed by atoms with Gasteiger partial charge in [-0.2, -0.15) is 0 Å². The van der Waals surface area contributed by atoms with Gasteiger partial charge in [0.2, 0.25) is 0 Å². The highest BCUT2D eigenvalue weighted by atomic mass is 16.5. The van der Waals surface area contributed by atoms with E-state index in [9.17, 15) is 5.11 Å². The molecule has 1 aromatic carbocycles. The van der Waals surface area contributed by atoms with Gasteiger partial charge in [0.1, 0.15) is 5.75 Å². The molecule has 0 aliphatic heterocycles. The van der Waals surface area contributed by atoms with Gasteiger partial charge in [-0.1, -0.05) is 19.1 Å². The van der Waals surface area contributed by atoms with E-state index in [0.29, 0.717) is 6.42 Å². The van der Waals surface area contributed by atoms with Crippen LogP contribution in [0.1, 0.15) is 18.9 Å². The summed E-state index contributed by atoms with van der Waals surface area (Å²) in [6.45, 7) is 2.75. The molecule has 0 N–H and O–H groups in total. The highest BCUT2D eigenvalue weighted by Crippen LogP contribution is 2.13. The van der Waals surface area contributed by atoms with E-state index in [1.807, 2.05) is 24.3 Å². The Morgan fingerprint density at radius 1 is 1.38 bits per heavy atom. The molecule has 0 fully saturated rings. The average molecular weight is 179 g/mol. The van der Waals surface area contributed by atoms with Crippen molar-refractivity contribution in [3.8, 4) is 5.75 Å². The molecule has 0 aromatic heterocycles. The second kappa shape index (κ2) is 5.60. The van der Waals surface area contributed by atoms with Crippen molar-refractivity contribution < 1.29 is 9.84 Å². The van der Waals surface area contributed by atoms with E-state index >= 15 is 0 Å². The van der Waals surface area contributed by atoms with Crippen LogP contribution in [0.15, 0.2) is 24.3 Å². The van der Waals surface area contributed by atoms with Gasteiger partial charge in [0.15, 0.2) is 0 Å². The zero-order chi connectivity index (χ0) is 9.52. The van der Waals surface area contributed by atoms with Gasteiger partial charge in [0, 0.05) is 0 Å². The van der Waals surface area contributed by atoms with Gasteiger partial charge in [0.25, 0.3) is 0 Å². The molecular weight excluding hydrogens is 164 g/mol. The third-order valence-electron chi connectivity index (χ3n) is 1.76. The molecule has 2 nitrogen and oxygen atoms in total. The molecule has 1 aromatic rings. The minimum absolute atomic E-state index is 0.0583. The van der Waals surface area contributed by atoms with E-state index in [4.69, 9.17) is 4.74 Å². The third kappa shape index (κ3) is 3.47. The van der Waals surface area contributed by atoms with Crippen LogP contribution in [0.5, 0.6) is 5.75 Å². The first kappa shape index (κ1) is 10.1. The Bertz CT molecular complexity index is 246. The molecule has 0 saturated heterocycles. The van der Waals surface area contributed by atoms with Crippen molar-refractivity contribution in [2.24, 2.45) is 0 Å². The fourth-order valence-electron chi connectivity index (χ4n) is 1.13. The van der Waals surface area contributed by atoms with Gasteiger partial charge in [-0.15, -0.1) is 0 Å². The number of ether oxygens (including phenoxy) is 1. The van der Waals surface area contributed by atoms with Crippen LogP contribution >= 0.6 is 0 Å². The van der Waals surface area contributed by atoms with Gasteiger partial charge in [-0.3, -0.25) is 0 Å². The van der Waals surface area contributed by atoms with Gasteiger partial charge in [-0.25, -0.2) is 5.11 Å².